The van der Waals surface area contributed by atoms with Crippen LogP contribution in [0.4, 0.5) is 0 Å². The molecule has 3 rings (SSSR count). The van der Waals surface area contributed by atoms with E-state index in [0.717, 1.165) is 44.0 Å². The van der Waals surface area contributed by atoms with Crippen LogP contribution in [0, 0.1) is 11.8 Å². The second-order valence-electron chi connectivity index (χ2n) is 7.95. The molecule has 2 aliphatic rings. The van der Waals surface area contributed by atoms with Gasteiger partial charge >= 0.3 is 0 Å². The maximum Gasteiger partial charge on any atom is 0.194 e. The van der Waals surface area contributed by atoms with Gasteiger partial charge in [0.2, 0.25) is 0 Å². The summed E-state index contributed by atoms with van der Waals surface area (Å²) >= 11 is 0. The molecular formula is C22H36IN3O2. The third-order valence-electron chi connectivity index (χ3n) is 5.43. The van der Waals surface area contributed by atoms with Gasteiger partial charge in [-0.2, -0.15) is 0 Å². The van der Waals surface area contributed by atoms with E-state index in [1.54, 1.807) is 0 Å². The van der Waals surface area contributed by atoms with Crippen LogP contribution >= 0.6 is 24.0 Å². The van der Waals surface area contributed by atoms with Crippen LogP contribution in [0.3, 0.4) is 0 Å². The first-order valence-electron chi connectivity index (χ1n) is 10.6. The van der Waals surface area contributed by atoms with Crippen LogP contribution in [0.1, 0.15) is 38.2 Å². The molecule has 1 aliphatic carbocycles. The highest BCUT2D eigenvalue weighted by molar-refractivity contribution is 14.0. The Balaban J connectivity index is 0.00000280. The number of likely N-dealkylation sites (tertiary alicyclic amines) is 1. The highest BCUT2D eigenvalue weighted by Gasteiger charge is 2.23. The molecule has 1 aliphatic heterocycles. The molecule has 1 saturated heterocycles. The molecule has 0 spiro atoms. The Kier molecular flexibility index (Phi) is 10.6. The maximum absolute atomic E-state index is 10.1. The van der Waals surface area contributed by atoms with Crippen LogP contribution in [-0.4, -0.2) is 61.5 Å². The summed E-state index contributed by atoms with van der Waals surface area (Å²) < 4.78 is 5.57. The predicted molar refractivity (Wildman–Crippen MR) is 125 cm³/mol. The summed E-state index contributed by atoms with van der Waals surface area (Å²) in [5.41, 5.74) is 1.44. The molecule has 0 radical (unpaired) electrons. The number of nitrogens with one attached hydrogen (secondary N) is 1. The van der Waals surface area contributed by atoms with Crippen LogP contribution in [0.2, 0.25) is 0 Å². The molecule has 1 aromatic carbocycles. The van der Waals surface area contributed by atoms with Gasteiger partial charge in [-0.15, -0.1) is 24.0 Å². The van der Waals surface area contributed by atoms with E-state index < -0.39 is 6.10 Å². The summed E-state index contributed by atoms with van der Waals surface area (Å²) in [5, 5.41) is 13.5. The molecule has 1 unspecified atom stereocenters. The van der Waals surface area contributed by atoms with E-state index in [9.17, 15) is 5.11 Å². The Morgan fingerprint density at radius 1 is 1.18 bits per heavy atom. The van der Waals surface area contributed by atoms with Crippen molar-refractivity contribution in [2.45, 2.75) is 45.1 Å². The van der Waals surface area contributed by atoms with E-state index >= 15 is 0 Å². The largest absolute Gasteiger partial charge is 0.389 e. The lowest BCUT2D eigenvalue weighted by Crippen LogP contribution is -2.46. The standard InChI is InChI=1S/C22H35N3O2.HI/c1-2-23-22(24-15-21(26)17-27-16-20-8-9-20)25-12-10-19(11-13-25)14-18-6-4-3-5-7-18;/h3-7,19-21,26H,2,8-17H2,1H3,(H,23,24);1H. The van der Waals surface area contributed by atoms with E-state index in [-0.39, 0.29) is 24.0 Å². The number of piperidine rings is 1. The van der Waals surface area contributed by atoms with Crippen molar-refractivity contribution in [3.05, 3.63) is 35.9 Å². The van der Waals surface area contributed by atoms with Gasteiger partial charge in [0.1, 0.15) is 0 Å². The third-order valence-corrected chi connectivity index (χ3v) is 5.43. The smallest absolute Gasteiger partial charge is 0.194 e. The number of benzene rings is 1. The molecule has 1 heterocycles. The molecule has 1 aromatic rings. The molecule has 1 atom stereocenters. The van der Waals surface area contributed by atoms with Crippen molar-refractivity contribution in [2.75, 3.05) is 39.4 Å². The summed E-state index contributed by atoms with van der Waals surface area (Å²) in [5.74, 6) is 2.40. The summed E-state index contributed by atoms with van der Waals surface area (Å²) in [7, 11) is 0. The zero-order valence-corrected chi connectivity index (χ0v) is 19.4. The molecule has 1 saturated carbocycles. The summed E-state index contributed by atoms with van der Waals surface area (Å²) in [4.78, 5) is 7.00. The van der Waals surface area contributed by atoms with Crippen LogP contribution < -0.4 is 5.32 Å². The first kappa shape index (κ1) is 23.4. The topological polar surface area (TPSA) is 57.1 Å². The van der Waals surface area contributed by atoms with Gasteiger partial charge in [0.05, 0.1) is 19.3 Å². The van der Waals surface area contributed by atoms with E-state index in [2.05, 4.69) is 52.5 Å². The zero-order chi connectivity index (χ0) is 18.9. The minimum Gasteiger partial charge on any atom is -0.389 e. The van der Waals surface area contributed by atoms with Crippen LogP contribution in [0.25, 0.3) is 0 Å². The van der Waals surface area contributed by atoms with Gasteiger partial charge in [-0.25, -0.2) is 0 Å². The number of halogens is 1. The Morgan fingerprint density at radius 2 is 1.89 bits per heavy atom. The van der Waals surface area contributed by atoms with E-state index in [1.807, 2.05) is 0 Å². The van der Waals surface area contributed by atoms with Gasteiger partial charge in [0.15, 0.2) is 5.96 Å². The fraction of sp³-hybridized carbons (Fsp3) is 0.682. The quantitative estimate of drug-likeness (QED) is 0.310. The van der Waals surface area contributed by atoms with Gasteiger partial charge in [-0.1, -0.05) is 30.3 Å². The molecule has 0 bridgehead atoms. The fourth-order valence-electron chi connectivity index (χ4n) is 3.62. The molecule has 0 aromatic heterocycles. The van der Waals surface area contributed by atoms with Gasteiger partial charge in [-0.3, -0.25) is 4.99 Å². The zero-order valence-electron chi connectivity index (χ0n) is 17.1. The normalized spacial score (nSPS) is 19.2. The van der Waals surface area contributed by atoms with Crippen molar-refractivity contribution in [3.63, 3.8) is 0 Å². The highest BCUT2D eigenvalue weighted by Crippen LogP contribution is 2.28. The number of nitrogens with zero attached hydrogens (tertiary/aromatic N) is 2. The first-order chi connectivity index (χ1) is 13.2. The molecular weight excluding hydrogens is 465 g/mol. The lowest BCUT2D eigenvalue weighted by atomic mass is 9.90. The number of hydrogen-bond donors (Lipinski definition) is 2. The summed E-state index contributed by atoms with van der Waals surface area (Å²) in [6.07, 6.45) is 5.57. The number of aliphatic hydroxyl groups is 1. The lowest BCUT2D eigenvalue weighted by molar-refractivity contribution is 0.0367. The Labute approximate surface area is 187 Å². The second-order valence-corrected chi connectivity index (χ2v) is 7.95. The van der Waals surface area contributed by atoms with Crippen molar-refractivity contribution in [1.29, 1.82) is 0 Å². The predicted octanol–water partition coefficient (Wildman–Crippen LogP) is 3.31. The Morgan fingerprint density at radius 3 is 2.54 bits per heavy atom. The van der Waals surface area contributed by atoms with Crippen LogP contribution in [-0.2, 0) is 11.2 Å². The first-order valence-corrected chi connectivity index (χ1v) is 10.6. The summed E-state index contributed by atoms with van der Waals surface area (Å²) in [6.45, 7) is 6.56. The van der Waals surface area contributed by atoms with Crippen molar-refractivity contribution in [2.24, 2.45) is 16.8 Å². The van der Waals surface area contributed by atoms with Gasteiger partial charge in [0.25, 0.3) is 0 Å². The van der Waals surface area contributed by atoms with Crippen molar-refractivity contribution >= 4 is 29.9 Å². The Bertz CT molecular complexity index is 572. The van der Waals surface area contributed by atoms with Gasteiger partial charge in [0, 0.05) is 26.2 Å². The van der Waals surface area contributed by atoms with Crippen molar-refractivity contribution in [3.8, 4) is 0 Å². The van der Waals surface area contributed by atoms with E-state index in [1.165, 1.54) is 37.7 Å². The Hall–Kier alpha value is -0.860. The maximum atomic E-state index is 10.1. The van der Waals surface area contributed by atoms with Crippen molar-refractivity contribution < 1.29 is 9.84 Å². The minimum absolute atomic E-state index is 0. The van der Waals surface area contributed by atoms with Crippen molar-refractivity contribution in [1.82, 2.24) is 10.2 Å². The SMILES string of the molecule is CCNC(=NCC(O)COCC1CC1)N1CCC(Cc2ccccc2)CC1.I. The average Bonchev–Trinajstić information content (AvgIpc) is 3.51. The van der Waals surface area contributed by atoms with Gasteiger partial charge in [-0.05, 0) is 56.4 Å². The monoisotopic (exact) mass is 501 g/mol. The molecule has 158 valence electrons. The lowest BCUT2D eigenvalue weighted by Gasteiger charge is -2.34. The molecule has 6 heteroatoms. The molecule has 0 amide bonds. The average molecular weight is 501 g/mol. The fourth-order valence-corrected chi connectivity index (χ4v) is 3.62. The number of hydrogen-bond acceptors (Lipinski definition) is 3. The highest BCUT2D eigenvalue weighted by atomic mass is 127. The molecule has 5 nitrogen and oxygen atoms in total. The minimum atomic E-state index is -0.520. The number of rotatable bonds is 9. The number of ether oxygens (including phenoxy) is 1. The number of guanidine groups is 1. The molecule has 2 N–H and O–H groups in total. The van der Waals surface area contributed by atoms with Crippen LogP contribution in [0.15, 0.2) is 35.3 Å². The van der Waals surface area contributed by atoms with E-state index in [4.69, 9.17) is 4.74 Å². The number of aliphatic hydroxyl groups excluding tert-OH is 1. The third kappa shape index (κ3) is 8.25. The molecule has 28 heavy (non-hydrogen) atoms. The number of aliphatic imine (C=N–C) groups is 1. The summed E-state index contributed by atoms with van der Waals surface area (Å²) in [6, 6.07) is 10.8. The van der Waals surface area contributed by atoms with Gasteiger partial charge < -0.3 is 20.1 Å². The van der Waals surface area contributed by atoms with Crippen LogP contribution in [0.5, 0.6) is 0 Å². The van der Waals surface area contributed by atoms with E-state index in [0.29, 0.717) is 13.2 Å². The molecule has 2 fully saturated rings. The second kappa shape index (κ2) is 12.6.